The van der Waals surface area contributed by atoms with Crippen molar-refractivity contribution >= 4 is 17.1 Å². The highest BCUT2D eigenvalue weighted by atomic mass is 32.1. The fraction of sp³-hybridized carbons (Fsp3) is 0.667. The van der Waals surface area contributed by atoms with E-state index >= 15 is 0 Å². The zero-order valence-corrected chi connectivity index (χ0v) is 10.4. The largest absolute Gasteiger partial charge is 0.325 e. The molecule has 0 aromatic carbocycles. The molecular weight excluding hydrogens is 220 g/mol. The molecule has 0 spiro atoms. The summed E-state index contributed by atoms with van der Waals surface area (Å²) in [4.78, 5) is 16.4. The molecule has 1 heterocycles. The Morgan fingerprint density at radius 1 is 1.50 bits per heavy atom. The Labute approximate surface area is 100 Å². The van der Waals surface area contributed by atoms with Crippen molar-refractivity contribution in [2.75, 3.05) is 0 Å². The Bertz CT molecular complexity index is 367. The van der Waals surface area contributed by atoms with Crippen LogP contribution in [-0.4, -0.2) is 10.8 Å². The Morgan fingerprint density at radius 2 is 2.19 bits per heavy atom. The molecule has 4 heteroatoms. The molecule has 16 heavy (non-hydrogen) atoms. The summed E-state index contributed by atoms with van der Waals surface area (Å²) >= 11 is 1.49. The van der Waals surface area contributed by atoms with E-state index in [-0.39, 0.29) is 11.7 Å². The molecule has 3 nitrogen and oxygen atoms in total. The van der Waals surface area contributed by atoms with Crippen LogP contribution < -0.4 is 5.73 Å². The van der Waals surface area contributed by atoms with Crippen molar-refractivity contribution in [3.63, 3.8) is 0 Å². The first-order valence-corrected chi connectivity index (χ1v) is 6.77. The highest BCUT2D eigenvalue weighted by molar-refractivity contribution is 7.09. The van der Waals surface area contributed by atoms with Gasteiger partial charge < -0.3 is 5.73 Å². The van der Waals surface area contributed by atoms with Gasteiger partial charge in [0.15, 0.2) is 5.78 Å². The molecule has 1 saturated carbocycles. The van der Waals surface area contributed by atoms with Gasteiger partial charge in [-0.15, -0.1) is 11.3 Å². The van der Waals surface area contributed by atoms with Crippen molar-refractivity contribution in [2.24, 2.45) is 17.6 Å². The number of ketones is 1. The average Bonchev–Trinajstić information content (AvgIpc) is 2.77. The van der Waals surface area contributed by atoms with Gasteiger partial charge in [-0.3, -0.25) is 4.79 Å². The Balaban J connectivity index is 2.01. The van der Waals surface area contributed by atoms with Gasteiger partial charge in [-0.1, -0.05) is 19.8 Å². The maximum absolute atomic E-state index is 12.1. The van der Waals surface area contributed by atoms with Gasteiger partial charge in [0.25, 0.3) is 0 Å². The molecule has 1 aromatic heterocycles. The first kappa shape index (κ1) is 11.7. The predicted molar refractivity (Wildman–Crippen MR) is 65.5 cm³/mol. The maximum Gasteiger partial charge on any atom is 0.185 e. The van der Waals surface area contributed by atoms with E-state index in [4.69, 9.17) is 5.73 Å². The Kier molecular flexibility index (Phi) is 3.71. The van der Waals surface area contributed by atoms with Crippen LogP contribution in [0.1, 0.15) is 48.1 Å². The number of nitrogens with zero attached hydrogens (tertiary/aromatic N) is 1. The molecule has 2 N–H and O–H groups in total. The van der Waals surface area contributed by atoms with Crippen LogP contribution in [0.2, 0.25) is 0 Å². The van der Waals surface area contributed by atoms with Crippen LogP contribution in [0.5, 0.6) is 0 Å². The fourth-order valence-corrected chi connectivity index (χ4v) is 2.91. The average molecular weight is 238 g/mol. The van der Waals surface area contributed by atoms with Crippen molar-refractivity contribution in [3.05, 3.63) is 16.1 Å². The smallest absolute Gasteiger partial charge is 0.185 e. The number of rotatable bonds is 3. The van der Waals surface area contributed by atoms with Crippen LogP contribution in [0.15, 0.2) is 5.38 Å². The van der Waals surface area contributed by atoms with Crippen LogP contribution in [0.4, 0.5) is 0 Å². The van der Waals surface area contributed by atoms with Gasteiger partial charge in [0, 0.05) is 17.8 Å². The quantitative estimate of drug-likeness (QED) is 0.823. The van der Waals surface area contributed by atoms with Crippen LogP contribution in [0.3, 0.4) is 0 Å². The van der Waals surface area contributed by atoms with Crippen LogP contribution in [0.25, 0.3) is 0 Å². The van der Waals surface area contributed by atoms with E-state index in [0.717, 1.165) is 23.8 Å². The van der Waals surface area contributed by atoms with Crippen molar-refractivity contribution in [2.45, 2.75) is 39.2 Å². The normalized spacial score (nSPS) is 25.6. The van der Waals surface area contributed by atoms with Crippen molar-refractivity contribution < 1.29 is 4.79 Å². The summed E-state index contributed by atoms with van der Waals surface area (Å²) in [6, 6.07) is 0. The molecule has 0 aliphatic heterocycles. The molecule has 0 unspecified atom stereocenters. The van der Waals surface area contributed by atoms with E-state index in [1.165, 1.54) is 24.2 Å². The van der Waals surface area contributed by atoms with Gasteiger partial charge in [0.05, 0.1) is 0 Å². The van der Waals surface area contributed by atoms with E-state index in [1.807, 2.05) is 5.38 Å². The minimum atomic E-state index is 0.198. The van der Waals surface area contributed by atoms with E-state index < -0.39 is 0 Å². The summed E-state index contributed by atoms with van der Waals surface area (Å²) in [6.45, 7) is 2.69. The summed E-state index contributed by atoms with van der Waals surface area (Å²) in [6.07, 6.45) is 4.39. The van der Waals surface area contributed by atoms with Gasteiger partial charge in [-0.25, -0.2) is 4.98 Å². The zero-order chi connectivity index (χ0) is 11.5. The third-order valence-electron chi connectivity index (χ3n) is 3.37. The molecule has 0 atom stereocenters. The molecule has 0 amide bonds. The van der Waals surface area contributed by atoms with Crippen LogP contribution >= 0.6 is 11.3 Å². The first-order valence-electron chi connectivity index (χ1n) is 5.89. The number of Topliss-reactive ketones (excluding diaryl/α,β-unsaturated/α-hetero) is 1. The predicted octanol–water partition coefficient (Wildman–Crippen LogP) is 2.61. The number of thiazole rings is 1. The van der Waals surface area contributed by atoms with E-state index in [0.29, 0.717) is 12.2 Å². The number of carbonyl (C=O) groups excluding carboxylic acids is 1. The molecule has 0 saturated heterocycles. The molecular formula is C12H18N2OS. The highest BCUT2D eigenvalue weighted by Gasteiger charge is 2.26. The second-order valence-electron chi connectivity index (χ2n) is 4.65. The van der Waals surface area contributed by atoms with Gasteiger partial charge in [0.1, 0.15) is 10.7 Å². The Hall–Kier alpha value is -0.740. The topological polar surface area (TPSA) is 56.0 Å². The molecule has 0 bridgehead atoms. The van der Waals surface area contributed by atoms with Gasteiger partial charge in [-0.05, 0) is 18.8 Å². The monoisotopic (exact) mass is 238 g/mol. The Morgan fingerprint density at radius 3 is 2.75 bits per heavy atom. The summed E-state index contributed by atoms with van der Waals surface area (Å²) in [5, 5.41) is 2.70. The van der Waals surface area contributed by atoms with Gasteiger partial charge >= 0.3 is 0 Å². The number of hydrogen-bond acceptors (Lipinski definition) is 4. The second-order valence-corrected chi connectivity index (χ2v) is 5.59. The number of hydrogen-bond donors (Lipinski definition) is 1. The number of aromatic nitrogens is 1. The lowest BCUT2D eigenvalue weighted by Crippen LogP contribution is -2.21. The first-order chi connectivity index (χ1) is 7.70. The van der Waals surface area contributed by atoms with E-state index in [2.05, 4.69) is 11.9 Å². The lowest BCUT2D eigenvalue weighted by Gasteiger charge is -2.24. The van der Waals surface area contributed by atoms with Crippen molar-refractivity contribution in [1.29, 1.82) is 0 Å². The van der Waals surface area contributed by atoms with Gasteiger partial charge in [-0.2, -0.15) is 0 Å². The van der Waals surface area contributed by atoms with Crippen molar-refractivity contribution in [3.8, 4) is 0 Å². The highest BCUT2D eigenvalue weighted by Crippen LogP contribution is 2.30. The summed E-state index contributed by atoms with van der Waals surface area (Å²) < 4.78 is 0. The molecule has 1 fully saturated rings. The zero-order valence-electron chi connectivity index (χ0n) is 9.61. The van der Waals surface area contributed by atoms with Crippen LogP contribution in [0, 0.1) is 11.8 Å². The fourth-order valence-electron chi connectivity index (χ4n) is 2.25. The van der Waals surface area contributed by atoms with E-state index in [1.54, 1.807) is 0 Å². The lowest BCUT2D eigenvalue weighted by molar-refractivity contribution is 0.0871. The van der Waals surface area contributed by atoms with Crippen LogP contribution in [-0.2, 0) is 6.54 Å². The van der Waals surface area contributed by atoms with E-state index in [9.17, 15) is 4.79 Å². The summed E-state index contributed by atoms with van der Waals surface area (Å²) in [5.41, 5.74) is 6.13. The third-order valence-corrected chi connectivity index (χ3v) is 4.24. The number of nitrogens with two attached hydrogens (primary N) is 1. The van der Waals surface area contributed by atoms with Crippen molar-refractivity contribution in [1.82, 2.24) is 4.98 Å². The number of carbonyl (C=O) groups is 1. The molecule has 1 aliphatic carbocycles. The molecule has 0 radical (unpaired) electrons. The third kappa shape index (κ3) is 2.50. The minimum absolute atomic E-state index is 0.198. The lowest BCUT2D eigenvalue weighted by atomic mass is 9.80. The molecule has 1 aromatic rings. The molecule has 2 rings (SSSR count). The summed E-state index contributed by atoms with van der Waals surface area (Å²) in [7, 11) is 0. The standard InChI is InChI=1S/C12H18N2OS/c1-8-2-4-9(5-3-8)12(15)10-7-16-11(6-13)14-10/h7-9H,2-6,13H2,1H3. The van der Waals surface area contributed by atoms with Gasteiger partial charge in [0.2, 0.25) is 0 Å². The molecule has 88 valence electrons. The minimum Gasteiger partial charge on any atom is -0.325 e. The second kappa shape index (κ2) is 5.06. The summed E-state index contributed by atoms with van der Waals surface area (Å²) in [5.74, 6) is 1.20. The SMILES string of the molecule is CC1CCC(C(=O)c2csc(CN)n2)CC1. The molecule has 1 aliphatic rings. The maximum atomic E-state index is 12.1.